The van der Waals surface area contributed by atoms with Crippen LogP contribution >= 0.6 is 0 Å². The first-order valence-corrected chi connectivity index (χ1v) is 8.89. The number of anilines is 1. The van der Waals surface area contributed by atoms with Crippen molar-refractivity contribution in [1.82, 2.24) is 24.7 Å². The molecule has 0 saturated carbocycles. The van der Waals surface area contributed by atoms with Crippen LogP contribution in [-0.2, 0) is 0 Å². The van der Waals surface area contributed by atoms with Gasteiger partial charge in [-0.25, -0.2) is 14.4 Å². The van der Waals surface area contributed by atoms with Gasteiger partial charge in [0.25, 0.3) is 5.91 Å². The molecule has 0 radical (unpaired) electrons. The molecule has 0 bridgehead atoms. The van der Waals surface area contributed by atoms with Crippen LogP contribution in [0.4, 0.5) is 10.1 Å². The van der Waals surface area contributed by atoms with Gasteiger partial charge in [-0.1, -0.05) is 0 Å². The van der Waals surface area contributed by atoms with Gasteiger partial charge < -0.3 is 10.3 Å². The number of aromatic amines is 1. The number of hydrogen-bond acceptors (Lipinski definition) is 4. The lowest BCUT2D eigenvalue weighted by atomic mass is 10.1. The van der Waals surface area contributed by atoms with E-state index in [4.69, 9.17) is 0 Å². The van der Waals surface area contributed by atoms with Crippen LogP contribution in [0.2, 0.25) is 0 Å². The Balaban J connectivity index is 1.70. The summed E-state index contributed by atoms with van der Waals surface area (Å²) in [6.45, 7) is 5.75. The smallest absolute Gasteiger partial charge is 0.255 e. The number of fused-ring (bicyclic) bond motifs is 1. The van der Waals surface area contributed by atoms with E-state index < -0.39 is 11.7 Å². The third-order valence-corrected chi connectivity index (χ3v) is 4.34. The molecule has 2 N–H and O–H groups in total. The maximum atomic E-state index is 14.3. The Morgan fingerprint density at radius 1 is 1.25 bits per heavy atom. The molecule has 0 saturated heterocycles. The Bertz CT molecular complexity index is 1180. The molecule has 0 aliphatic rings. The highest BCUT2D eigenvalue weighted by molar-refractivity contribution is 6.05. The van der Waals surface area contributed by atoms with E-state index >= 15 is 0 Å². The van der Waals surface area contributed by atoms with E-state index in [1.54, 1.807) is 36.3 Å². The van der Waals surface area contributed by atoms with Gasteiger partial charge >= 0.3 is 0 Å². The van der Waals surface area contributed by atoms with Crippen LogP contribution in [0, 0.1) is 12.7 Å². The van der Waals surface area contributed by atoms with Gasteiger partial charge in [-0.3, -0.25) is 9.48 Å². The van der Waals surface area contributed by atoms with Gasteiger partial charge in [-0.15, -0.1) is 0 Å². The lowest BCUT2D eigenvalue weighted by molar-refractivity contribution is 0.102. The maximum absolute atomic E-state index is 14.3. The van der Waals surface area contributed by atoms with Gasteiger partial charge in [0.2, 0.25) is 0 Å². The zero-order chi connectivity index (χ0) is 19.8. The fourth-order valence-electron chi connectivity index (χ4n) is 3.02. The predicted molar refractivity (Wildman–Crippen MR) is 105 cm³/mol. The summed E-state index contributed by atoms with van der Waals surface area (Å²) in [5, 5.41) is 6.94. The molecule has 3 heterocycles. The van der Waals surface area contributed by atoms with E-state index in [0.717, 1.165) is 5.52 Å². The van der Waals surface area contributed by atoms with Crippen molar-refractivity contribution >= 4 is 22.6 Å². The third-order valence-electron chi connectivity index (χ3n) is 4.34. The number of amides is 1. The molecule has 4 rings (SSSR count). The molecule has 142 valence electrons. The van der Waals surface area contributed by atoms with Crippen molar-refractivity contribution in [3.05, 3.63) is 60.1 Å². The maximum Gasteiger partial charge on any atom is 0.255 e. The Kier molecular flexibility index (Phi) is 4.38. The molecular formula is C20H19FN6O. The zero-order valence-corrected chi connectivity index (χ0v) is 15.7. The quantitative estimate of drug-likeness (QED) is 0.559. The van der Waals surface area contributed by atoms with Gasteiger partial charge in [0.05, 0.1) is 28.6 Å². The highest BCUT2D eigenvalue weighted by atomic mass is 19.1. The first-order valence-electron chi connectivity index (χ1n) is 8.89. The molecule has 0 atom stereocenters. The van der Waals surface area contributed by atoms with Crippen LogP contribution in [0.15, 0.2) is 42.9 Å². The number of H-pyrrole nitrogens is 1. The Morgan fingerprint density at radius 2 is 2.07 bits per heavy atom. The molecule has 1 amide bonds. The topological polar surface area (TPSA) is 88.5 Å². The molecule has 7 nitrogen and oxygen atoms in total. The van der Waals surface area contributed by atoms with Gasteiger partial charge in [-0.05, 0) is 45.0 Å². The van der Waals surface area contributed by atoms with E-state index in [1.807, 2.05) is 19.9 Å². The molecule has 3 aromatic heterocycles. The van der Waals surface area contributed by atoms with Gasteiger partial charge in [0, 0.05) is 29.6 Å². The SMILES string of the molecule is Cc1nc(-c2cc(F)cc(C(=O)Nc3cnn(C(C)C)c3)c2)c2[nH]ccc2n1. The molecule has 0 spiro atoms. The molecule has 0 unspecified atom stereocenters. The number of aromatic nitrogens is 5. The number of halogens is 1. The average Bonchev–Trinajstić information content (AvgIpc) is 3.29. The fourth-order valence-corrected chi connectivity index (χ4v) is 3.02. The summed E-state index contributed by atoms with van der Waals surface area (Å²) in [6.07, 6.45) is 5.05. The molecule has 0 aliphatic carbocycles. The number of hydrogen-bond donors (Lipinski definition) is 2. The van der Waals surface area contributed by atoms with E-state index in [2.05, 4.69) is 25.4 Å². The summed E-state index contributed by atoms with van der Waals surface area (Å²) in [6, 6.07) is 6.18. The number of rotatable bonds is 4. The predicted octanol–water partition coefficient (Wildman–Crippen LogP) is 4.10. The Hall–Kier alpha value is -3.55. The van der Waals surface area contributed by atoms with E-state index in [-0.39, 0.29) is 11.6 Å². The minimum atomic E-state index is -0.517. The van der Waals surface area contributed by atoms with Gasteiger partial charge in [-0.2, -0.15) is 5.10 Å². The zero-order valence-electron chi connectivity index (χ0n) is 15.7. The standard InChI is InChI=1S/C20H19FN6O/c1-11(2)27-10-16(9-23-27)26-20(28)14-6-13(7-15(21)8-14)18-19-17(4-5-22-19)24-12(3)25-18/h4-11,22H,1-3H3,(H,26,28). The van der Waals surface area contributed by atoms with Crippen LogP contribution in [-0.4, -0.2) is 30.6 Å². The number of carbonyl (C=O) groups excluding carboxylic acids is 1. The van der Waals surface area contributed by atoms with Gasteiger partial charge in [0.15, 0.2) is 0 Å². The van der Waals surface area contributed by atoms with Crippen LogP contribution in [0.1, 0.15) is 36.1 Å². The van der Waals surface area contributed by atoms with Crippen molar-refractivity contribution in [2.24, 2.45) is 0 Å². The molecule has 8 heteroatoms. The highest BCUT2D eigenvalue weighted by Crippen LogP contribution is 2.27. The lowest BCUT2D eigenvalue weighted by Crippen LogP contribution is -2.12. The molecule has 0 aliphatic heterocycles. The molecule has 1 aromatic carbocycles. The van der Waals surface area contributed by atoms with E-state index in [0.29, 0.717) is 28.3 Å². The van der Waals surface area contributed by atoms with Crippen molar-refractivity contribution in [1.29, 1.82) is 0 Å². The van der Waals surface area contributed by atoms with Crippen molar-refractivity contribution in [3.63, 3.8) is 0 Å². The monoisotopic (exact) mass is 378 g/mol. The summed E-state index contributed by atoms with van der Waals surface area (Å²) in [5.74, 6) is -0.368. The van der Waals surface area contributed by atoms with Crippen LogP contribution in [0.3, 0.4) is 0 Å². The summed E-state index contributed by atoms with van der Waals surface area (Å²) in [7, 11) is 0. The number of nitrogens with one attached hydrogen (secondary N) is 2. The summed E-state index contributed by atoms with van der Waals surface area (Å²) in [4.78, 5) is 24.5. The van der Waals surface area contributed by atoms with E-state index in [1.165, 1.54) is 12.1 Å². The second-order valence-corrected chi connectivity index (χ2v) is 6.84. The van der Waals surface area contributed by atoms with Crippen LogP contribution in [0.5, 0.6) is 0 Å². The third kappa shape index (κ3) is 3.36. The average molecular weight is 378 g/mol. The van der Waals surface area contributed by atoms with Crippen LogP contribution in [0.25, 0.3) is 22.3 Å². The van der Waals surface area contributed by atoms with Gasteiger partial charge in [0.1, 0.15) is 11.6 Å². The summed E-state index contributed by atoms with van der Waals surface area (Å²) >= 11 is 0. The number of benzene rings is 1. The molecular weight excluding hydrogens is 359 g/mol. The summed E-state index contributed by atoms with van der Waals surface area (Å²) < 4.78 is 16.0. The minimum absolute atomic E-state index is 0.177. The Morgan fingerprint density at radius 3 is 2.82 bits per heavy atom. The summed E-state index contributed by atoms with van der Waals surface area (Å²) in [5.41, 5.74) is 3.23. The normalized spacial score (nSPS) is 11.3. The second-order valence-electron chi connectivity index (χ2n) is 6.84. The van der Waals surface area contributed by atoms with Crippen molar-refractivity contribution in [3.8, 4) is 11.3 Å². The van der Waals surface area contributed by atoms with Crippen molar-refractivity contribution < 1.29 is 9.18 Å². The Labute approximate surface area is 160 Å². The van der Waals surface area contributed by atoms with Crippen molar-refractivity contribution in [2.45, 2.75) is 26.8 Å². The minimum Gasteiger partial charge on any atom is -0.358 e. The highest BCUT2D eigenvalue weighted by Gasteiger charge is 2.15. The molecule has 4 aromatic rings. The largest absolute Gasteiger partial charge is 0.358 e. The fraction of sp³-hybridized carbons (Fsp3) is 0.200. The number of aryl methyl sites for hydroxylation is 1. The van der Waals surface area contributed by atoms with Crippen LogP contribution < -0.4 is 5.32 Å². The first kappa shape index (κ1) is 17.8. The number of carbonyl (C=O) groups is 1. The molecule has 28 heavy (non-hydrogen) atoms. The van der Waals surface area contributed by atoms with E-state index in [9.17, 15) is 9.18 Å². The molecule has 0 fully saturated rings. The second kappa shape index (κ2) is 6.88. The van der Waals surface area contributed by atoms with Crippen molar-refractivity contribution in [2.75, 3.05) is 5.32 Å². The first-order chi connectivity index (χ1) is 13.4. The lowest BCUT2D eigenvalue weighted by Gasteiger charge is -2.08. The number of nitrogens with zero attached hydrogens (tertiary/aromatic N) is 4.